The second-order valence-electron chi connectivity index (χ2n) is 6.54. The van der Waals surface area contributed by atoms with Gasteiger partial charge in [-0.1, -0.05) is 45.0 Å². The predicted molar refractivity (Wildman–Crippen MR) is 85.1 cm³/mol. The number of aliphatic hydroxyl groups excluding tert-OH is 1. The molecule has 0 bridgehead atoms. The minimum atomic E-state index is -3.53. The number of rotatable bonds is 4. The highest BCUT2D eigenvalue weighted by atomic mass is 32.2. The Morgan fingerprint density at radius 1 is 1.24 bits per heavy atom. The molecule has 5 heteroatoms. The van der Waals surface area contributed by atoms with Gasteiger partial charge < -0.3 is 5.11 Å². The highest BCUT2D eigenvalue weighted by Crippen LogP contribution is 2.26. The smallest absolute Gasteiger partial charge is 0.236 e. The van der Waals surface area contributed by atoms with Crippen LogP contribution in [0.3, 0.4) is 0 Å². The van der Waals surface area contributed by atoms with Crippen LogP contribution in [0, 0.1) is 5.41 Å². The highest BCUT2D eigenvalue weighted by Gasteiger charge is 2.26. The van der Waals surface area contributed by atoms with Crippen LogP contribution in [0.25, 0.3) is 6.08 Å². The van der Waals surface area contributed by atoms with Crippen molar-refractivity contribution in [1.29, 1.82) is 0 Å². The number of hydrogen-bond acceptors (Lipinski definition) is 3. The van der Waals surface area contributed by atoms with Gasteiger partial charge in [-0.15, -0.1) is 0 Å². The van der Waals surface area contributed by atoms with E-state index in [1.165, 1.54) is 5.56 Å². The fraction of sp³-hybridized carbons (Fsp3) is 0.500. The summed E-state index contributed by atoms with van der Waals surface area (Å²) in [7, 11) is -3.53. The second-order valence-corrected chi connectivity index (χ2v) is 8.36. The standard InChI is InChI=1S/C16H23NO3S/c1-16(2,3)15(18)11-17-21(19,20)14-9-8-12-6-4-5-7-13(12)10-14/h4-7,10,15,17-18H,8-9,11H2,1-3H3. The van der Waals surface area contributed by atoms with Crippen LogP contribution in [0.15, 0.2) is 29.2 Å². The Morgan fingerprint density at radius 2 is 1.90 bits per heavy atom. The maximum absolute atomic E-state index is 12.3. The molecule has 1 aliphatic rings. The molecule has 0 heterocycles. The molecule has 1 unspecified atom stereocenters. The van der Waals surface area contributed by atoms with Crippen LogP contribution >= 0.6 is 0 Å². The van der Waals surface area contributed by atoms with Crippen LogP contribution < -0.4 is 4.72 Å². The van der Waals surface area contributed by atoms with Gasteiger partial charge in [0.15, 0.2) is 0 Å². The molecule has 1 aromatic carbocycles. The van der Waals surface area contributed by atoms with Crippen molar-refractivity contribution in [2.75, 3.05) is 6.54 Å². The van der Waals surface area contributed by atoms with Gasteiger partial charge in [-0.05, 0) is 35.5 Å². The molecule has 21 heavy (non-hydrogen) atoms. The summed E-state index contributed by atoms with van der Waals surface area (Å²) in [5.41, 5.74) is 1.78. The van der Waals surface area contributed by atoms with Gasteiger partial charge in [0.05, 0.1) is 11.0 Å². The number of allylic oxidation sites excluding steroid dienone is 1. The number of hydrogen-bond donors (Lipinski definition) is 2. The van der Waals surface area contributed by atoms with E-state index in [1.807, 2.05) is 45.0 Å². The normalized spacial score (nSPS) is 17.0. The summed E-state index contributed by atoms with van der Waals surface area (Å²) in [4.78, 5) is 0.391. The zero-order chi connectivity index (χ0) is 15.7. The van der Waals surface area contributed by atoms with Crippen LogP contribution in [-0.4, -0.2) is 26.2 Å². The molecule has 0 spiro atoms. The number of nitrogens with one attached hydrogen (secondary N) is 1. The van der Waals surface area contributed by atoms with Crippen molar-refractivity contribution in [2.24, 2.45) is 5.41 Å². The Kier molecular flexibility index (Phi) is 4.56. The van der Waals surface area contributed by atoms with Gasteiger partial charge in [-0.3, -0.25) is 0 Å². The second kappa shape index (κ2) is 5.91. The maximum atomic E-state index is 12.3. The van der Waals surface area contributed by atoms with Crippen LogP contribution in [0.2, 0.25) is 0 Å². The quantitative estimate of drug-likeness (QED) is 0.897. The first kappa shape index (κ1) is 16.2. The molecule has 1 aliphatic carbocycles. The van der Waals surface area contributed by atoms with Gasteiger partial charge in [0.25, 0.3) is 0 Å². The van der Waals surface area contributed by atoms with Gasteiger partial charge in [0.2, 0.25) is 10.0 Å². The predicted octanol–water partition coefficient (Wildman–Crippen LogP) is 2.30. The van der Waals surface area contributed by atoms with Crippen LogP contribution in [0.4, 0.5) is 0 Å². The Balaban J connectivity index is 2.13. The van der Waals surface area contributed by atoms with E-state index in [0.29, 0.717) is 11.3 Å². The zero-order valence-electron chi connectivity index (χ0n) is 12.8. The summed E-state index contributed by atoms with van der Waals surface area (Å²) in [6.07, 6.45) is 2.23. The van der Waals surface area contributed by atoms with Gasteiger partial charge in [0.1, 0.15) is 0 Å². The molecule has 1 aromatic rings. The van der Waals surface area contributed by atoms with Gasteiger partial charge in [0, 0.05) is 6.54 Å². The monoisotopic (exact) mass is 309 g/mol. The first-order chi connectivity index (χ1) is 9.70. The summed E-state index contributed by atoms with van der Waals surface area (Å²) in [5, 5.41) is 9.96. The Morgan fingerprint density at radius 3 is 2.57 bits per heavy atom. The van der Waals surface area contributed by atoms with E-state index >= 15 is 0 Å². The van der Waals surface area contributed by atoms with Crippen LogP contribution in [0.1, 0.15) is 38.3 Å². The molecule has 0 aliphatic heterocycles. The van der Waals surface area contributed by atoms with Gasteiger partial charge in [-0.2, -0.15) is 0 Å². The third-order valence-electron chi connectivity index (χ3n) is 3.82. The number of aliphatic hydroxyl groups is 1. The van der Waals surface area contributed by atoms with E-state index < -0.39 is 16.1 Å². The summed E-state index contributed by atoms with van der Waals surface area (Å²) in [6.45, 7) is 5.66. The molecular weight excluding hydrogens is 286 g/mol. The number of benzene rings is 1. The molecule has 2 rings (SSSR count). The zero-order valence-corrected chi connectivity index (χ0v) is 13.6. The van der Waals surface area contributed by atoms with E-state index in [2.05, 4.69) is 4.72 Å². The van der Waals surface area contributed by atoms with E-state index in [1.54, 1.807) is 6.08 Å². The molecule has 0 amide bonds. The van der Waals surface area contributed by atoms with E-state index in [0.717, 1.165) is 12.0 Å². The largest absolute Gasteiger partial charge is 0.391 e. The molecule has 2 N–H and O–H groups in total. The van der Waals surface area contributed by atoms with Crippen molar-refractivity contribution in [2.45, 2.75) is 39.7 Å². The van der Waals surface area contributed by atoms with E-state index in [-0.39, 0.29) is 12.0 Å². The van der Waals surface area contributed by atoms with Crippen molar-refractivity contribution >= 4 is 16.1 Å². The molecule has 1 atom stereocenters. The molecule has 116 valence electrons. The lowest BCUT2D eigenvalue weighted by Gasteiger charge is -2.26. The first-order valence-corrected chi connectivity index (χ1v) is 8.65. The topological polar surface area (TPSA) is 66.4 Å². The molecule has 0 radical (unpaired) electrons. The lowest BCUT2D eigenvalue weighted by molar-refractivity contribution is 0.0677. The molecule has 0 saturated heterocycles. The van der Waals surface area contributed by atoms with E-state index in [4.69, 9.17) is 0 Å². The minimum Gasteiger partial charge on any atom is -0.391 e. The SMILES string of the molecule is CC(C)(C)C(O)CNS(=O)(=O)C1=Cc2ccccc2CC1. The minimum absolute atomic E-state index is 0.0326. The maximum Gasteiger partial charge on any atom is 0.236 e. The fourth-order valence-corrected chi connectivity index (χ4v) is 3.42. The van der Waals surface area contributed by atoms with Crippen LogP contribution in [-0.2, 0) is 16.4 Å². The van der Waals surface area contributed by atoms with Crippen LogP contribution in [0.5, 0.6) is 0 Å². The first-order valence-electron chi connectivity index (χ1n) is 7.16. The summed E-state index contributed by atoms with van der Waals surface area (Å²) in [6, 6.07) is 7.81. The number of sulfonamides is 1. The number of fused-ring (bicyclic) bond motifs is 1. The number of aryl methyl sites for hydroxylation is 1. The summed E-state index contributed by atoms with van der Waals surface area (Å²) >= 11 is 0. The highest BCUT2D eigenvalue weighted by molar-refractivity contribution is 7.93. The molecule has 0 fully saturated rings. The van der Waals surface area contributed by atoms with Crippen molar-refractivity contribution in [3.8, 4) is 0 Å². The molecule has 4 nitrogen and oxygen atoms in total. The molecular formula is C16H23NO3S. The van der Waals surface area contributed by atoms with Crippen molar-refractivity contribution in [3.05, 3.63) is 40.3 Å². The summed E-state index contributed by atoms with van der Waals surface area (Å²) < 4.78 is 27.2. The lowest BCUT2D eigenvalue weighted by atomic mass is 9.89. The van der Waals surface area contributed by atoms with Gasteiger partial charge >= 0.3 is 0 Å². The molecule has 0 aromatic heterocycles. The average molecular weight is 309 g/mol. The Labute approximate surface area is 126 Å². The average Bonchev–Trinajstić information content (AvgIpc) is 2.43. The fourth-order valence-electron chi connectivity index (χ4n) is 2.21. The summed E-state index contributed by atoms with van der Waals surface area (Å²) in [5.74, 6) is 0. The lowest BCUT2D eigenvalue weighted by Crippen LogP contribution is -2.39. The van der Waals surface area contributed by atoms with Crippen molar-refractivity contribution in [3.63, 3.8) is 0 Å². The van der Waals surface area contributed by atoms with Gasteiger partial charge in [-0.25, -0.2) is 13.1 Å². The third-order valence-corrected chi connectivity index (χ3v) is 5.38. The van der Waals surface area contributed by atoms with Crippen molar-refractivity contribution < 1.29 is 13.5 Å². The Hall–Kier alpha value is -1.17. The van der Waals surface area contributed by atoms with E-state index in [9.17, 15) is 13.5 Å². The third kappa shape index (κ3) is 3.93. The molecule has 0 saturated carbocycles. The van der Waals surface area contributed by atoms with Crippen molar-refractivity contribution in [1.82, 2.24) is 4.72 Å². The Bertz CT molecular complexity index is 642.